The summed E-state index contributed by atoms with van der Waals surface area (Å²) >= 11 is 0. The second kappa shape index (κ2) is 8.30. The summed E-state index contributed by atoms with van der Waals surface area (Å²) < 4.78 is 36.6. The third-order valence-corrected chi connectivity index (χ3v) is 4.18. The molecule has 1 N–H and O–H groups in total. The third-order valence-electron chi connectivity index (χ3n) is 4.18. The van der Waals surface area contributed by atoms with Crippen LogP contribution < -0.4 is 4.90 Å². The summed E-state index contributed by atoms with van der Waals surface area (Å²) in [7, 11) is 1.56. The maximum atomic E-state index is 11.8. The zero-order valence-electron chi connectivity index (χ0n) is 14.0. The molecule has 2 aliphatic heterocycles. The van der Waals surface area contributed by atoms with Crippen molar-refractivity contribution in [3.05, 3.63) is 18.5 Å². The lowest BCUT2D eigenvalue weighted by atomic mass is 10.0. The number of alkyl halides is 3. The van der Waals surface area contributed by atoms with Crippen LogP contribution in [-0.2, 0) is 14.3 Å². The number of aliphatic carboxylic acids is 1. The summed E-state index contributed by atoms with van der Waals surface area (Å²) in [6.45, 7) is 3.72. The van der Waals surface area contributed by atoms with E-state index in [9.17, 15) is 18.0 Å². The minimum atomic E-state index is -5.08. The molecule has 2 saturated heterocycles. The van der Waals surface area contributed by atoms with Crippen molar-refractivity contribution >= 4 is 17.8 Å². The van der Waals surface area contributed by atoms with E-state index in [1.54, 1.807) is 19.5 Å². The van der Waals surface area contributed by atoms with E-state index in [1.807, 2.05) is 11.0 Å². The molecule has 8 nitrogen and oxygen atoms in total. The van der Waals surface area contributed by atoms with Crippen LogP contribution in [0.25, 0.3) is 0 Å². The SMILES string of the molecule is COCC(=O)N1CC2CN(c3ncccn3)CC2C1.O=C(O)C(F)(F)F. The highest BCUT2D eigenvalue weighted by Crippen LogP contribution is 2.32. The Hall–Kier alpha value is -2.43. The van der Waals surface area contributed by atoms with Gasteiger partial charge in [-0.05, 0) is 6.07 Å². The minimum Gasteiger partial charge on any atom is -0.475 e. The van der Waals surface area contributed by atoms with E-state index in [0.717, 1.165) is 32.1 Å². The highest BCUT2D eigenvalue weighted by Gasteiger charge is 2.42. The fraction of sp³-hybridized carbons (Fsp3) is 0.600. The summed E-state index contributed by atoms with van der Waals surface area (Å²) in [6.07, 6.45) is -1.55. The van der Waals surface area contributed by atoms with Crippen LogP contribution in [0.15, 0.2) is 18.5 Å². The topological polar surface area (TPSA) is 95.9 Å². The summed E-state index contributed by atoms with van der Waals surface area (Å²) in [5, 5.41) is 7.12. The highest BCUT2D eigenvalue weighted by molar-refractivity contribution is 5.77. The molecule has 0 saturated carbocycles. The van der Waals surface area contributed by atoms with Crippen LogP contribution in [-0.4, -0.2) is 77.9 Å². The first-order valence-corrected chi connectivity index (χ1v) is 7.81. The molecule has 26 heavy (non-hydrogen) atoms. The maximum absolute atomic E-state index is 11.8. The molecule has 1 aromatic rings. The number of aromatic nitrogens is 2. The van der Waals surface area contributed by atoms with Gasteiger partial charge in [0.25, 0.3) is 0 Å². The monoisotopic (exact) mass is 376 g/mol. The number of anilines is 1. The molecule has 1 amide bonds. The van der Waals surface area contributed by atoms with E-state index >= 15 is 0 Å². The van der Waals surface area contributed by atoms with Crippen LogP contribution in [0.2, 0.25) is 0 Å². The maximum Gasteiger partial charge on any atom is 0.490 e. The molecule has 0 bridgehead atoms. The number of carbonyl (C=O) groups excluding carboxylic acids is 1. The Bertz CT molecular complexity index is 615. The van der Waals surface area contributed by atoms with Gasteiger partial charge in [0, 0.05) is 57.5 Å². The lowest BCUT2D eigenvalue weighted by Crippen LogP contribution is -2.35. The molecule has 2 aliphatic rings. The lowest BCUT2D eigenvalue weighted by Gasteiger charge is -2.21. The first kappa shape index (κ1) is 19.9. The van der Waals surface area contributed by atoms with E-state index in [1.165, 1.54) is 0 Å². The van der Waals surface area contributed by atoms with Gasteiger partial charge in [0.05, 0.1) is 0 Å². The summed E-state index contributed by atoms with van der Waals surface area (Å²) in [5.41, 5.74) is 0. The van der Waals surface area contributed by atoms with Crippen LogP contribution in [0.3, 0.4) is 0 Å². The Morgan fingerprint density at radius 2 is 1.69 bits per heavy atom. The molecule has 0 radical (unpaired) electrons. The number of amides is 1. The van der Waals surface area contributed by atoms with Gasteiger partial charge in [0.1, 0.15) is 6.61 Å². The van der Waals surface area contributed by atoms with E-state index in [4.69, 9.17) is 14.6 Å². The number of carbonyl (C=O) groups is 2. The number of hydrogen-bond acceptors (Lipinski definition) is 6. The van der Waals surface area contributed by atoms with Crippen molar-refractivity contribution < 1.29 is 32.6 Å². The molecule has 1 aromatic heterocycles. The zero-order valence-corrected chi connectivity index (χ0v) is 14.0. The fourth-order valence-electron chi connectivity index (χ4n) is 3.03. The first-order chi connectivity index (χ1) is 12.2. The van der Waals surface area contributed by atoms with E-state index in [-0.39, 0.29) is 12.5 Å². The molecule has 0 spiro atoms. The molecule has 3 heterocycles. The largest absolute Gasteiger partial charge is 0.490 e. The number of nitrogens with zero attached hydrogens (tertiary/aromatic N) is 4. The molecule has 3 rings (SSSR count). The normalized spacial score (nSPS) is 21.8. The number of fused-ring (bicyclic) bond motifs is 1. The van der Waals surface area contributed by atoms with Gasteiger partial charge in [-0.15, -0.1) is 0 Å². The Morgan fingerprint density at radius 1 is 1.19 bits per heavy atom. The number of ether oxygens (including phenoxy) is 1. The first-order valence-electron chi connectivity index (χ1n) is 7.81. The molecule has 2 fully saturated rings. The predicted molar refractivity (Wildman–Crippen MR) is 83.4 cm³/mol. The fourth-order valence-corrected chi connectivity index (χ4v) is 3.03. The molecular weight excluding hydrogens is 357 g/mol. The summed E-state index contributed by atoms with van der Waals surface area (Å²) in [6, 6.07) is 1.82. The molecule has 144 valence electrons. The second-order valence-corrected chi connectivity index (χ2v) is 6.01. The zero-order chi connectivity index (χ0) is 19.3. The van der Waals surface area contributed by atoms with E-state index < -0.39 is 12.1 Å². The number of likely N-dealkylation sites (tertiary alicyclic amines) is 1. The van der Waals surface area contributed by atoms with Gasteiger partial charge in [-0.25, -0.2) is 14.8 Å². The van der Waals surface area contributed by atoms with Crippen LogP contribution >= 0.6 is 0 Å². The molecule has 2 atom stereocenters. The van der Waals surface area contributed by atoms with Crippen LogP contribution in [0.5, 0.6) is 0 Å². The van der Waals surface area contributed by atoms with Crippen LogP contribution in [0.1, 0.15) is 0 Å². The van der Waals surface area contributed by atoms with Gasteiger partial charge >= 0.3 is 12.1 Å². The predicted octanol–water partition coefficient (Wildman–Crippen LogP) is 0.651. The molecule has 0 aliphatic carbocycles. The number of carboxylic acids is 1. The van der Waals surface area contributed by atoms with Gasteiger partial charge in [0.2, 0.25) is 11.9 Å². The Labute approximate surface area is 147 Å². The van der Waals surface area contributed by atoms with Gasteiger partial charge in [0.15, 0.2) is 0 Å². The van der Waals surface area contributed by atoms with Crippen molar-refractivity contribution in [3.63, 3.8) is 0 Å². The van der Waals surface area contributed by atoms with E-state index in [2.05, 4.69) is 14.9 Å². The number of methoxy groups -OCH3 is 1. The van der Waals surface area contributed by atoms with Gasteiger partial charge in [-0.3, -0.25) is 4.79 Å². The van der Waals surface area contributed by atoms with Crippen molar-refractivity contribution in [1.82, 2.24) is 14.9 Å². The molecule has 11 heteroatoms. The Balaban J connectivity index is 0.000000298. The Morgan fingerprint density at radius 3 is 2.12 bits per heavy atom. The quantitative estimate of drug-likeness (QED) is 0.828. The van der Waals surface area contributed by atoms with Crippen molar-refractivity contribution in [2.24, 2.45) is 11.8 Å². The highest BCUT2D eigenvalue weighted by atomic mass is 19.4. The average Bonchev–Trinajstić information content (AvgIpc) is 3.14. The van der Waals surface area contributed by atoms with Gasteiger partial charge < -0.3 is 19.6 Å². The van der Waals surface area contributed by atoms with Crippen molar-refractivity contribution in [2.75, 3.05) is 44.8 Å². The van der Waals surface area contributed by atoms with E-state index in [0.29, 0.717) is 11.8 Å². The lowest BCUT2D eigenvalue weighted by molar-refractivity contribution is -0.192. The second-order valence-electron chi connectivity index (χ2n) is 6.01. The van der Waals surface area contributed by atoms with Crippen LogP contribution in [0, 0.1) is 11.8 Å². The number of carboxylic acid groups (broad SMARTS) is 1. The standard InChI is InChI=1S/C13H18N4O2.C2HF3O2/c1-19-9-12(18)16-5-10-7-17(8-11(10)6-16)13-14-3-2-4-15-13;3-2(4,5)1(6)7/h2-4,10-11H,5-9H2,1H3;(H,6,7). The molecular formula is C15H19F3N4O4. The molecule has 0 aromatic carbocycles. The average molecular weight is 376 g/mol. The smallest absolute Gasteiger partial charge is 0.475 e. The summed E-state index contributed by atoms with van der Waals surface area (Å²) in [5.74, 6) is -0.798. The van der Waals surface area contributed by atoms with Gasteiger partial charge in [-0.2, -0.15) is 13.2 Å². The number of hydrogen-bond donors (Lipinski definition) is 1. The van der Waals surface area contributed by atoms with Crippen molar-refractivity contribution in [3.8, 4) is 0 Å². The summed E-state index contributed by atoms with van der Waals surface area (Å²) in [4.78, 5) is 33.4. The van der Waals surface area contributed by atoms with Crippen molar-refractivity contribution in [2.45, 2.75) is 6.18 Å². The number of rotatable bonds is 3. The minimum absolute atomic E-state index is 0.0967. The molecule has 2 unspecified atom stereocenters. The third kappa shape index (κ3) is 5.04. The number of halogens is 3. The van der Waals surface area contributed by atoms with Gasteiger partial charge in [-0.1, -0.05) is 0 Å². The van der Waals surface area contributed by atoms with Crippen molar-refractivity contribution in [1.29, 1.82) is 0 Å². The van der Waals surface area contributed by atoms with Crippen LogP contribution in [0.4, 0.5) is 19.1 Å². The Kier molecular flexibility index (Phi) is 6.35.